The van der Waals surface area contributed by atoms with Crippen LogP contribution in [0.5, 0.6) is 0 Å². The van der Waals surface area contributed by atoms with Gasteiger partial charge < -0.3 is 10.3 Å². The molecule has 0 saturated carbocycles. The Morgan fingerprint density at radius 1 is 1.23 bits per heavy atom. The molecule has 0 saturated heterocycles. The van der Waals surface area contributed by atoms with Crippen molar-refractivity contribution in [3.05, 3.63) is 37.2 Å². The molecule has 2 N–H and O–H groups in total. The van der Waals surface area contributed by atoms with Crippen LogP contribution in [0.1, 0.15) is 0 Å². The van der Waals surface area contributed by atoms with Crippen molar-refractivity contribution < 1.29 is 4.79 Å². The lowest BCUT2D eigenvalue weighted by atomic mass is 10.6. The Balaban J connectivity index is 3.10. The van der Waals surface area contributed by atoms with E-state index >= 15 is 0 Å². The van der Waals surface area contributed by atoms with Gasteiger partial charge in [0.25, 0.3) is 10.8 Å². The van der Waals surface area contributed by atoms with Gasteiger partial charge in [0, 0.05) is 0 Å². The first-order valence-electron chi connectivity index (χ1n) is 3.23. The number of rotatable bonds is 0. The van der Waals surface area contributed by atoms with Crippen molar-refractivity contribution in [2.24, 2.45) is 9.98 Å². The van der Waals surface area contributed by atoms with E-state index in [-0.39, 0.29) is 16.8 Å². The summed E-state index contributed by atoms with van der Waals surface area (Å²) >= 11 is 0. The van der Waals surface area contributed by atoms with Crippen molar-refractivity contribution in [3.63, 3.8) is 0 Å². The summed E-state index contributed by atoms with van der Waals surface area (Å²) in [6.07, 6.45) is 0. The molecular weight excluding hydrogens is 176 g/mol. The van der Waals surface area contributed by atoms with Crippen molar-refractivity contribution in [1.29, 1.82) is 0 Å². The standard InChI is InChI=1S/C5H2N6O2/c6-11-4-7-1-2(8-4)9-5(13)10-3(1)12/h(H2,8,9,10,12,13). The van der Waals surface area contributed by atoms with E-state index in [0.717, 1.165) is 0 Å². The molecule has 0 aliphatic carbocycles. The minimum absolute atomic E-state index is 0.00144. The topological polar surface area (TPSA) is 127 Å². The molecule has 1 aliphatic heterocycles. The molecule has 1 aliphatic rings. The SMILES string of the molecule is [N-]=[N+]=C1N=c2[nH]c(=O)[nH]c(=O)c2=N1. The second-order valence-corrected chi connectivity index (χ2v) is 2.23. The number of hydrogen-bond donors (Lipinski definition) is 2. The molecule has 1 aromatic heterocycles. The maximum atomic E-state index is 11.0. The summed E-state index contributed by atoms with van der Waals surface area (Å²) in [5.74, 6) is -0.262. The molecule has 1 aromatic rings. The van der Waals surface area contributed by atoms with Crippen LogP contribution < -0.4 is 22.1 Å². The maximum Gasteiger partial charge on any atom is 0.509 e. The summed E-state index contributed by atoms with van der Waals surface area (Å²) in [5.41, 5.74) is 6.95. The predicted molar refractivity (Wildman–Crippen MR) is 38.6 cm³/mol. The Morgan fingerprint density at radius 2 is 2.00 bits per heavy atom. The van der Waals surface area contributed by atoms with Gasteiger partial charge in [0.2, 0.25) is 0 Å². The summed E-state index contributed by atoms with van der Waals surface area (Å²) in [5, 5.41) is -0.0626. The van der Waals surface area contributed by atoms with Crippen LogP contribution in [0.4, 0.5) is 0 Å². The molecule has 64 valence electrons. The fraction of sp³-hybridized carbons (Fsp3) is 0. The lowest BCUT2D eigenvalue weighted by Gasteiger charge is -1.75. The van der Waals surface area contributed by atoms with Crippen LogP contribution in [-0.2, 0) is 0 Å². The Kier molecular flexibility index (Phi) is 1.31. The van der Waals surface area contributed by atoms with Crippen LogP contribution in [0.2, 0.25) is 0 Å². The van der Waals surface area contributed by atoms with Gasteiger partial charge in [-0.25, -0.2) is 4.79 Å². The van der Waals surface area contributed by atoms with Crippen molar-refractivity contribution in [2.75, 3.05) is 0 Å². The van der Waals surface area contributed by atoms with Crippen LogP contribution in [-0.4, -0.2) is 20.7 Å². The first kappa shape index (κ1) is 7.32. The van der Waals surface area contributed by atoms with Gasteiger partial charge in [0.15, 0.2) is 0 Å². The summed E-state index contributed by atoms with van der Waals surface area (Å²) in [7, 11) is 0. The van der Waals surface area contributed by atoms with E-state index in [9.17, 15) is 9.59 Å². The molecule has 8 heteroatoms. The second kappa shape index (κ2) is 2.32. The molecule has 13 heavy (non-hydrogen) atoms. The lowest BCUT2D eigenvalue weighted by Crippen LogP contribution is -2.46. The highest BCUT2D eigenvalue weighted by atomic mass is 16.2. The first-order valence-corrected chi connectivity index (χ1v) is 3.23. The number of guanidine groups is 1. The zero-order valence-corrected chi connectivity index (χ0v) is 6.11. The average Bonchev–Trinajstić information content (AvgIpc) is 2.47. The predicted octanol–water partition coefficient (Wildman–Crippen LogP) is -3.10. The molecule has 0 radical (unpaired) electrons. The van der Waals surface area contributed by atoms with Gasteiger partial charge in [-0.3, -0.25) is 14.8 Å². The summed E-state index contributed by atoms with van der Waals surface area (Å²) < 4.78 is 0. The van der Waals surface area contributed by atoms with Gasteiger partial charge in [-0.1, -0.05) is 0 Å². The highest BCUT2D eigenvalue weighted by Gasteiger charge is 2.17. The molecule has 8 nitrogen and oxygen atoms in total. The number of fused-ring (bicyclic) bond motifs is 1. The fourth-order valence-electron chi connectivity index (χ4n) is 0.922. The largest absolute Gasteiger partial charge is 0.542 e. The smallest absolute Gasteiger partial charge is 0.509 e. The number of nitrogens with one attached hydrogen (secondary N) is 2. The van der Waals surface area contributed by atoms with Crippen LogP contribution in [0.25, 0.3) is 5.53 Å². The normalized spacial score (nSPS) is 12.8. The number of nitrogens with zero attached hydrogens (tertiary/aromatic N) is 4. The molecule has 2 rings (SSSR count). The molecular formula is C5H2N6O2. The molecule has 0 bridgehead atoms. The Labute approximate surface area is 68.9 Å². The number of hydrogen-bond acceptors (Lipinski definition) is 2. The molecule has 0 amide bonds. The highest BCUT2D eigenvalue weighted by Crippen LogP contribution is 1.73. The summed E-state index contributed by atoms with van der Waals surface area (Å²) in [4.78, 5) is 35.7. The van der Waals surface area contributed by atoms with Gasteiger partial charge in [-0.05, 0) is 9.98 Å². The van der Waals surface area contributed by atoms with Crippen LogP contribution >= 0.6 is 0 Å². The first-order chi connectivity index (χ1) is 6.20. The zero-order valence-electron chi connectivity index (χ0n) is 6.11. The van der Waals surface area contributed by atoms with Crippen molar-refractivity contribution in [2.45, 2.75) is 0 Å². The summed E-state index contributed by atoms with van der Waals surface area (Å²) in [6.45, 7) is 0. The van der Waals surface area contributed by atoms with Crippen molar-refractivity contribution in [3.8, 4) is 0 Å². The van der Waals surface area contributed by atoms with E-state index in [1.807, 2.05) is 4.98 Å². The Morgan fingerprint density at radius 3 is 2.69 bits per heavy atom. The molecule has 0 unspecified atom stereocenters. The van der Waals surface area contributed by atoms with E-state index in [1.165, 1.54) is 0 Å². The molecule has 0 aromatic carbocycles. The molecule has 2 heterocycles. The van der Waals surface area contributed by atoms with E-state index in [4.69, 9.17) is 5.53 Å². The second-order valence-electron chi connectivity index (χ2n) is 2.23. The fourth-order valence-corrected chi connectivity index (χ4v) is 0.922. The van der Waals surface area contributed by atoms with Gasteiger partial charge in [-0.15, -0.1) is 0 Å². The molecule has 0 spiro atoms. The monoisotopic (exact) mass is 178 g/mol. The van der Waals surface area contributed by atoms with Crippen molar-refractivity contribution >= 4 is 5.96 Å². The van der Waals surface area contributed by atoms with Crippen LogP contribution in [0, 0.1) is 0 Å². The van der Waals surface area contributed by atoms with Gasteiger partial charge in [-0.2, -0.15) is 0 Å². The van der Waals surface area contributed by atoms with Gasteiger partial charge in [0.05, 0.1) is 0 Å². The maximum absolute atomic E-state index is 11.0. The quantitative estimate of drug-likeness (QED) is 0.322. The van der Waals surface area contributed by atoms with E-state index in [0.29, 0.717) is 0 Å². The Hall–Kier alpha value is -2.34. The summed E-state index contributed by atoms with van der Waals surface area (Å²) in [6, 6.07) is 0. The number of aromatic amines is 2. The third-order valence-electron chi connectivity index (χ3n) is 1.41. The average molecular weight is 178 g/mol. The van der Waals surface area contributed by atoms with E-state index in [1.54, 1.807) is 0 Å². The highest BCUT2D eigenvalue weighted by molar-refractivity contribution is 5.77. The van der Waals surface area contributed by atoms with E-state index in [2.05, 4.69) is 19.8 Å². The third-order valence-corrected chi connectivity index (χ3v) is 1.41. The van der Waals surface area contributed by atoms with Crippen LogP contribution in [0.15, 0.2) is 19.6 Å². The zero-order chi connectivity index (χ0) is 9.42. The van der Waals surface area contributed by atoms with E-state index < -0.39 is 11.2 Å². The van der Waals surface area contributed by atoms with Crippen LogP contribution in [0.3, 0.4) is 0 Å². The molecule has 0 fully saturated rings. The number of aromatic nitrogens is 2. The van der Waals surface area contributed by atoms with Gasteiger partial charge in [0.1, 0.15) is 0 Å². The van der Waals surface area contributed by atoms with Crippen molar-refractivity contribution in [1.82, 2.24) is 9.97 Å². The minimum Gasteiger partial charge on any atom is -0.542 e. The lowest BCUT2D eigenvalue weighted by molar-refractivity contribution is -0.00840. The number of H-pyrrole nitrogens is 2. The molecule has 0 atom stereocenters. The minimum atomic E-state index is -0.679. The Bertz CT molecular complexity index is 643. The third kappa shape index (κ3) is 1.01. The van der Waals surface area contributed by atoms with Gasteiger partial charge >= 0.3 is 17.2 Å².